The number of allylic oxidation sites excluding steroid dienone is 2. The van der Waals surface area contributed by atoms with Crippen LogP contribution in [0.4, 0.5) is 13.2 Å². The third-order valence-corrected chi connectivity index (χ3v) is 2.04. The number of alkyl halides is 3. The number of hydrogen-bond donors (Lipinski definition) is 0. The maximum absolute atomic E-state index is 12.2. The van der Waals surface area contributed by atoms with Crippen molar-refractivity contribution in [3.63, 3.8) is 0 Å². The first-order chi connectivity index (χ1) is 6.47. The van der Waals surface area contributed by atoms with Gasteiger partial charge in [0.25, 0.3) is 0 Å². The molecule has 0 saturated carbocycles. The predicted molar refractivity (Wildman–Crippen MR) is 47.8 cm³/mol. The Kier molecular flexibility index (Phi) is 1.99. The molecule has 1 atom stereocenters. The van der Waals surface area contributed by atoms with Crippen LogP contribution in [0.5, 0.6) is 0 Å². The molecule has 1 unspecified atom stereocenters. The van der Waals surface area contributed by atoms with Gasteiger partial charge in [0.1, 0.15) is 6.04 Å². The molecule has 0 N–H and O–H groups in total. The third kappa shape index (κ3) is 1.59. The highest BCUT2D eigenvalue weighted by molar-refractivity contribution is 6.32. The van der Waals surface area contributed by atoms with Crippen molar-refractivity contribution < 1.29 is 13.2 Å². The summed E-state index contributed by atoms with van der Waals surface area (Å²) >= 11 is 5.61. The largest absolute Gasteiger partial charge is 0.451 e. The van der Waals surface area contributed by atoms with Gasteiger partial charge in [0.2, 0.25) is 5.84 Å². The molecule has 1 heterocycles. The number of fused-ring (bicyclic) bond motifs is 1. The van der Waals surface area contributed by atoms with Crippen molar-refractivity contribution in [2.24, 2.45) is 9.98 Å². The molecule has 0 bridgehead atoms. The topological polar surface area (TPSA) is 24.7 Å². The molecular formula is C8H4ClF3N2. The molecule has 2 nitrogen and oxygen atoms in total. The van der Waals surface area contributed by atoms with E-state index >= 15 is 0 Å². The molecule has 14 heavy (non-hydrogen) atoms. The molecule has 1 aliphatic carbocycles. The second-order valence-corrected chi connectivity index (χ2v) is 3.25. The lowest BCUT2D eigenvalue weighted by atomic mass is 10.1. The van der Waals surface area contributed by atoms with E-state index < -0.39 is 18.1 Å². The van der Waals surface area contributed by atoms with Crippen LogP contribution in [0.2, 0.25) is 0 Å². The highest BCUT2D eigenvalue weighted by Gasteiger charge is 2.40. The maximum Gasteiger partial charge on any atom is 0.451 e. The third-order valence-electron chi connectivity index (χ3n) is 1.78. The molecule has 0 amide bonds. The van der Waals surface area contributed by atoms with E-state index in [4.69, 9.17) is 11.6 Å². The molecule has 0 aromatic rings. The fourth-order valence-electron chi connectivity index (χ4n) is 1.18. The van der Waals surface area contributed by atoms with Crippen molar-refractivity contribution in [1.82, 2.24) is 0 Å². The summed E-state index contributed by atoms with van der Waals surface area (Å²) < 4.78 is 36.5. The van der Waals surface area contributed by atoms with Crippen LogP contribution >= 0.6 is 11.6 Å². The van der Waals surface area contributed by atoms with Crippen molar-refractivity contribution in [1.29, 1.82) is 0 Å². The monoisotopic (exact) mass is 220 g/mol. The van der Waals surface area contributed by atoms with E-state index in [1.54, 1.807) is 0 Å². The van der Waals surface area contributed by atoms with Gasteiger partial charge in [-0.05, 0) is 18.2 Å². The van der Waals surface area contributed by atoms with E-state index in [1.165, 1.54) is 18.2 Å². The highest BCUT2D eigenvalue weighted by atomic mass is 35.5. The van der Waals surface area contributed by atoms with E-state index in [9.17, 15) is 13.2 Å². The van der Waals surface area contributed by atoms with Crippen molar-refractivity contribution in [3.8, 4) is 0 Å². The molecule has 0 spiro atoms. The van der Waals surface area contributed by atoms with Gasteiger partial charge in [-0.15, -0.1) is 0 Å². The normalized spacial score (nSPS) is 25.4. The van der Waals surface area contributed by atoms with Crippen LogP contribution in [0.1, 0.15) is 0 Å². The summed E-state index contributed by atoms with van der Waals surface area (Å²) in [5.74, 6) is -1.09. The Morgan fingerprint density at radius 3 is 2.64 bits per heavy atom. The summed E-state index contributed by atoms with van der Waals surface area (Å²) in [7, 11) is 0. The zero-order valence-electron chi connectivity index (χ0n) is 6.72. The van der Waals surface area contributed by atoms with Crippen LogP contribution in [0.25, 0.3) is 0 Å². The van der Waals surface area contributed by atoms with Crippen LogP contribution in [0.3, 0.4) is 0 Å². The lowest BCUT2D eigenvalue weighted by molar-refractivity contribution is -0.0596. The highest BCUT2D eigenvalue weighted by Crippen LogP contribution is 2.26. The molecule has 2 rings (SSSR count). The molecule has 1 aliphatic heterocycles. The minimum absolute atomic E-state index is 0.279. The molecule has 6 heteroatoms. The smallest absolute Gasteiger partial charge is 0.248 e. The van der Waals surface area contributed by atoms with Crippen LogP contribution in [0, 0.1) is 0 Å². The molecule has 0 fully saturated rings. The first kappa shape index (κ1) is 9.45. The van der Waals surface area contributed by atoms with Crippen LogP contribution in [0.15, 0.2) is 33.2 Å². The van der Waals surface area contributed by atoms with E-state index in [-0.39, 0.29) is 5.71 Å². The Bertz CT molecular complexity index is 390. The van der Waals surface area contributed by atoms with E-state index in [2.05, 4.69) is 9.98 Å². The molecule has 0 aromatic carbocycles. The second kappa shape index (κ2) is 2.95. The van der Waals surface area contributed by atoms with Crippen molar-refractivity contribution >= 4 is 23.1 Å². The zero-order chi connectivity index (χ0) is 10.3. The van der Waals surface area contributed by atoms with Crippen molar-refractivity contribution in [2.45, 2.75) is 12.2 Å². The van der Waals surface area contributed by atoms with Gasteiger partial charge in [-0.2, -0.15) is 13.2 Å². The molecular weight excluding hydrogens is 217 g/mol. The van der Waals surface area contributed by atoms with Crippen LogP contribution in [-0.4, -0.2) is 23.8 Å². The maximum atomic E-state index is 12.2. The lowest BCUT2D eigenvalue weighted by Crippen LogP contribution is -2.19. The molecule has 74 valence electrons. The predicted octanol–water partition coefficient (Wildman–Crippen LogP) is 2.46. The number of amidine groups is 1. The molecule has 0 saturated heterocycles. The number of nitrogens with zero attached hydrogens (tertiary/aromatic N) is 2. The molecule has 0 aromatic heterocycles. The van der Waals surface area contributed by atoms with E-state index in [0.717, 1.165) is 0 Å². The Morgan fingerprint density at radius 1 is 1.29 bits per heavy atom. The fourth-order valence-corrected chi connectivity index (χ4v) is 1.36. The Hall–Kier alpha value is -1.10. The van der Waals surface area contributed by atoms with Crippen LogP contribution < -0.4 is 0 Å². The van der Waals surface area contributed by atoms with Crippen LogP contribution in [-0.2, 0) is 0 Å². The first-order valence-electron chi connectivity index (χ1n) is 3.76. The van der Waals surface area contributed by atoms with Gasteiger partial charge in [-0.3, -0.25) is 0 Å². The molecule has 2 aliphatic rings. The van der Waals surface area contributed by atoms with Gasteiger partial charge in [0, 0.05) is 5.03 Å². The zero-order valence-corrected chi connectivity index (χ0v) is 7.47. The van der Waals surface area contributed by atoms with Crippen molar-refractivity contribution in [2.75, 3.05) is 0 Å². The Balaban J connectivity index is 2.34. The number of halogens is 4. The average molecular weight is 221 g/mol. The number of aliphatic imine (C=N–C) groups is 2. The molecule has 0 radical (unpaired) electrons. The SMILES string of the molecule is FC(F)(F)C1=NC2C=C(Cl)C=CC2=N1. The van der Waals surface area contributed by atoms with E-state index in [1.807, 2.05) is 0 Å². The average Bonchev–Trinajstić information content (AvgIpc) is 2.45. The minimum Gasteiger partial charge on any atom is -0.248 e. The quantitative estimate of drug-likeness (QED) is 0.599. The summed E-state index contributed by atoms with van der Waals surface area (Å²) in [5, 5.41) is 0.376. The summed E-state index contributed by atoms with van der Waals surface area (Å²) in [4.78, 5) is 6.77. The van der Waals surface area contributed by atoms with Gasteiger partial charge in [-0.25, -0.2) is 9.98 Å². The van der Waals surface area contributed by atoms with Gasteiger partial charge in [0.15, 0.2) is 0 Å². The first-order valence-corrected chi connectivity index (χ1v) is 4.13. The lowest BCUT2D eigenvalue weighted by Gasteiger charge is -2.06. The number of rotatable bonds is 0. The minimum atomic E-state index is -4.49. The number of hydrogen-bond acceptors (Lipinski definition) is 2. The standard InChI is InChI=1S/C8H4ClF3N2/c9-4-1-2-5-6(3-4)14-7(13-5)8(10,11)12/h1-3,6H. The van der Waals surface area contributed by atoms with E-state index in [0.29, 0.717) is 5.03 Å². The van der Waals surface area contributed by atoms with Gasteiger partial charge in [-0.1, -0.05) is 11.6 Å². The van der Waals surface area contributed by atoms with Gasteiger partial charge < -0.3 is 0 Å². The summed E-state index contributed by atoms with van der Waals surface area (Å²) in [6.45, 7) is 0. The summed E-state index contributed by atoms with van der Waals surface area (Å²) in [5.41, 5.74) is 0.279. The summed E-state index contributed by atoms with van der Waals surface area (Å²) in [6, 6.07) is -0.677. The van der Waals surface area contributed by atoms with Crippen molar-refractivity contribution in [3.05, 3.63) is 23.3 Å². The summed E-state index contributed by atoms with van der Waals surface area (Å²) in [6.07, 6.45) is -0.126. The van der Waals surface area contributed by atoms with Gasteiger partial charge in [0.05, 0.1) is 5.71 Å². The Morgan fingerprint density at radius 2 is 2.00 bits per heavy atom. The van der Waals surface area contributed by atoms with Gasteiger partial charge >= 0.3 is 6.18 Å². The fraction of sp³-hybridized carbons (Fsp3) is 0.250. The Labute approximate surface area is 82.5 Å². The second-order valence-electron chi connectivity index (χ2n) is 2.82.